The van der Waals surface area contributed by atoms with Crippen LogP contribution in [0.3, 0.4) is 0 Å². The van der Waals surface area contributed by atoms with Crippen molar-refractivity contribution in [3.05, 3.63) is 69.5 Å². The molecule has 0 atom stereocenters. The highest BCUT2D eigenvalue weighted by Crippen LogP contribution is 2.35. The van der Waals surface area contributed by atoms with Gasteiger partial charge in [-0.1, -0.05) is 18.2 Å². The van der Waals surface area contributed by atoms with Crippen molar-refractivity contribution in [1.29, 1.82) is 0 Å². The second-order valence-electron chi connectivity index (χ2n) is 4.36. The minimum Gasteiger partial charge on any atom is -0.268 e. The average molecular weight is 286 g/mol. The number of nitro benzene ring substituents is 1. The molecule has 0 fully saturated rings. The minimum absolute atomic E-state index is 0.140. The Bertz CT molecular complexity index is 768. The number of rotatable bonds is 2. The van der Waals surface area contributed by atoms with E-state index >= 15 is 0 Å². The van der Waals surface area contributed by atoms with Crippen LogP contribution < -0.4 is 4.90 Å². The Balaban J connectivity index is 2.21. The third-order valence-electron chi connectivity index (χ3n) is 3.18. The zero-order valence-electron chi connectivity index (χ0n) is 10.4. The molecule has 2 amide bonds. The summed E-state index contributed by atoms with van der Waals surface area (Å²) in [6, 6.07) is 9.33. The molecule has 0 radical (unpaired) electrons. The van der Waals surface area contributed by atoms with E-state index in [0.29, 0.717) is 4.90 Å². The molecule has 21 heavy (non-hydrogen) atoms. The molecule has 6 nitrogen and oxygen atoms in total. The first kappa shape index (κ1) is 12.9. The van der Waals surface area contributed by atoms with Gasteiger partial charge in [-0.25, -0.2) is 4.90 Å². The first-order valence-electron chi connectivity index (χ1n) is 5.93. The Hall–Kier alpha value is -3.09. The van der Waals surface area contributed by atoms with E-state index in [-0.39, 0.29) is 16.8 Å². The van der Waals surface area contributed by atoms with Crippen molar-refractivity contribution in [2.24, 2.45) is 0 Å². The van der Waals surface area contributed by atoms with Crippen LogP contribution in [0.25, 0.3) is 0 Å². The maximum absolute atomic E-state index is 13.6. The molecule has 1 aliphatic rings. The summed E-state index contributed by atoms with van der Waals surface area (Å²) in [7, 11) is 0. The molecule has 7 heteroatoms. The van der Waals surface area contributed by atoms with E-state index < -0.39 is 28.2 Å². The number of halogens is 1. The largest absolute Gasteiger partial charge is 0.328 e. The van der Waals surface area contributed by atoms with Crippen LogP contribution in [0.5, 0.6) is 0 Å². The van der Waals surface area contributed by atoms with Gasteiger partial charge in [-0.05, 0) is 24.3 Å². The minimum atomic E-state index is -1.10. The molecule has 2 aromatic rings. The van der Waals surface area contributed by atoms with E-state index in [4.69, 9.17) is 0 Å². The van der Waals surface area contributed by atoms with Gasteiger partial charge in [-0.15, -0.1) is 0 Å². The number of hydrogen-bond donors (Lipinski definition) is 0. The second kappa shape index (κ2) is 4.48. The number of anilines is 1. The molecule has 3 rings (SSSR count). The fraction of sp³-hybridized carbons (Fsp3) is 0. The molecule has 0 unspecified atom stereocenters. The zero-order chi connectivity index (χ0) is 15.1. The normalized spacial score (nSPS) is 13.5. The highest BCUT2D eigenvalue weighted by atomic mass is 19.1. The van der Waals surface area contributed by atoms with Gasteiger partial charge in [0.2, 0.25) is 5.82 Å². The highest BCUT2D eigenvalue weighted by molar-refractivity contribution is 6.35. The summed E-state index contributed by atoms with van der Waals surface area (Å²) >= 11 is 0. The second-order valence-corrected chi connectivity index (χ2v) is 4.36. The third kappa shape index (κ3) is 1.78. The standard InChI is InChI=1S/C14H7FN2O4/c15-10-6-3-7-11(12(10)17(20)21)16-13(18)8-4-1-2-5-9(8)14(16)19/h1-7H. The summed E-state index contributed by atoms with van der Waals surface area (Å²) < 4.78 is 13.6. The maximum atomic E-state index is 13.6. The van der Waals surface area contributed by atoms with Crippen molar-refractivity contribution < 1.29 is 18.9 Å². The predicted molar refractivity (Wildman–Crippen MR) is 70.6 cm³/mol. The van der Waals surface area contributed by atoms with Crippen LogP contribution in [-0.4, -0.2) is 16.7 Å². The number of hydrogen-bond acceptors (Lipinski definition) is 4. The molecule has 1 heterocycles. The molecule has 104 valence electrons. The van der Waals surface area contributed by atoms with Gasteiger partial charge < -0.3 is 0 Å². The molecule has 0 spiro atoms. The highest BCUT2D eigenvalue weighted by Gasteiger charge is 2.40. The van der Waals surface area contributed by atoms with Crippen molar-refractivity contribution in [2.45, 2.75) is 0 Å². The van der Waals surface area contributed by atoms with Crippen LogP contribution in [0.15, 0.2) is 42.5 Å². The lowest BCUT2D eigenvalue weighted by Crippen LogP contribution is -2.30. The lowest BCUT2D eigenvalue weighted by atomic mass is 10.1. The molecule has 1 aliphatic heterocycles. The molecule has 0 aliphatic carbocycles. The van der Waals surface area contributed by atoms with Crippen LogP contribution in [0.2, 0.25) is 0 Å². The monoisotopic (exact) mass is 286 g/mol. The first-order chi connectivity index (χ1) is 10.0. The van der Waals surface area contributed by atoms with E-state index in [2.05, 4.69) is 0 Å². The fourth-order valence-corrected chi connectivity index (χ4v) is 2.27. The number of fused-ring (bicyclic) bond motifs is 1. The lowest BCUT2D eigenvalue weighted by molar-refractivity contribution is -0.386. The lowest BCUT2D eigenvalue weighted by Gasteiger charge is -2.13. The van der Waals surface area contributed by atoms with Crippen molar-refractivity contribution in [1.82, 2.24) is 0 Å². The third-order valence-corrected chi connectivity index (χ3v) is 3.18. The zero-order valence-corrected chi connectivity index (χ0v) is 10.4. The summed E-state index contributed by atoms with van der Waals surface area (Å²) in [6.45, 7) is 0. The van der Waals surface area contributed by atoms with Crippen LogP contribution >= 0.6 is 0 Å². The molecular formula is C14H7FN2O4. The van der Waals surface area contributed by atoms with Crippen LogP contribution in [0, 0.1) is 15.9 Å². The SMILES string of the molecule is O=C1c2ccccc2C(=O)N1c1cccc(F)c1[N+](=O)[O-]. The van der Waals surface area contributed by atoms with Gasteiger partial charge in [0, 0.05) is 0 Å². The smallest absolute Gasteiger partial charge is 0.268 e. The van der Waals surface area contributed by atoms with Crippen molar-refractivity contribution >= 4 is 23.2 Å². The number of amides is 2. The van der Waals surface area contributed by atoms with Gasteiger partial charge in [0.25, 0.3) is 11.8 Å². The maximum Gasteiger partial charge on any atom is 0.328 e. The molecule has 0 bridgehead atoms. The van der Waals surface area contributed by atoms with Gasteiger partial charge >= 0.3 is 5.69 Å². The molecule has 0 saturated carbocycles. The molecule has 0 N–H and O–H groups in total. The Kier molecular flexibility index (Phi) is 2.76. The molecule has 0 aromatic heterocycles. The van der Waals surface area contributed by atoms with Crippen LogP contribution in [0.1, 0.15) is 20.7 Å². The molecule has 0 saturated heterocycles. The topological polar surface area (TPSA) is 80.5 Å². The Morgan fingerprint density at radius 3 is 2.05 bits per heavy atom. The van der Waals surface area contributed by atoms with Gasteiger partial charge in [-0.3, -0.25) is 19.7 Å². The van der Waals surface area contributed by atoms with Crippen molar-refractivity contribution in [2.75, 3.05) is 4.90 Å². The summed E-state index contributed by atoms with van der Waals surface area (Å²) in [5.41, 5.74) is -0.986. The fourth-order valence-electron chi connectivity index (χ4n) is 2.27. The van der Waals surface area contributed by atoms with Crippen LogP contribution in [0.4, 0.5) is 15.8 Å². The first-order valence-corrected chi connectivity index (χ1v) is 5.93. The van der Waals surface area contributed by atoms with Gasteiger partial charge in [-0.2, -0.15) is 4.39 Å². The Morgan fingerprint density at radius 2 is 1.52 bits per heavy atom. The number of imide groups is 1. The van der Waals surface area contributed by atoms with Gasteiger partial charge in [0.1, 0.15) is 5.69 Å². The number of nitrogens with zero attached hydrogens (tertiary/aromatic N) is 2. The van der Waals surface area contributed by atoms with E-state index in [1.807, 2.05) is 0 Å². The van der Waals surface area contributed by atoms with Crippen molar-refractivity contribution in [3.8, 4) is 0 Å². The van der Waals surface area contributed by atoms with Gasteiger partial charge in [0.15, 0.2) is 0 Å². The number of benzene rings is 2. The summed E-state index contributed by atoms with van der Waals surface area (Å²) in [6.07, 6.45) is 0. The summed E-state index contributed by atoms with van der Waals surface area (Å²) in [4.78, 5) is 35.2. The quantitative estimate of drug-likeness (QED) is 0.482. The number of para-hydroxylation sites is 1. The predicted octanol–water partition coefficient (Wildman–Crippen LogP) is 2.53. The summed E-state index contributed by atoms with van der Waals surface area (Å²) in [5.74, 6) is -2.51. The Labute approximate surface area is 117 Å². The van der Waals surface area contributed by atoms with E-state index in [9.17, 15) is 24.1 Å². The number of carbonyl (C=O) groups excluding carboxylic acids is 2. The number of nitro groups is 1. The van der Waals surface area contributed by atoms with E-state index in [1.165, 1.54) is 24.3 Å². The van der Waals surface area contributed by atoms with E-state index in [1.54, 1.807) is 12.1 Å². The van der Waals surface area contributed by atoms with Crippen molar-refractivity contribution in [3.63, 3.8) is 0 Å². The van der Waals surface area contributed by atoms with Crippen LogP contribution in [-0.2, 0) is 0 Å². The molecule has 2 aromatic carbocycles. The van der Waals surface area contributed by atoms with E-state index in [0.717, 1.165) is 6.07 Å². The molecular weight excluding hydrogens is 279 g/mol. The van der Waals surface area contributed by atoms with Gasteiger partial charge in [0.05, 0.1) is 16.1 Å². The summed E-state index contributed by atoms with van der Waals surface area (Å²) in [5, 5.41) is 11.0. The average Bonchev–Trinajstić information content (AvgIpc) is 2.71. The number of carbonyl (C=O) groups is 2. The Morgan fingerprint density at radius 1 is 0.952 bits per heavy atom.